The molecule has 0 radical (unpaired) electrons. The summed E-state index contributed by atoms with van der Waals surface area (Å²) in [4.78, 5) is 12.4. The summed E-state index contributed by atoms with van der Waals surface area (Å²) in [5, 5.41) is 3.36. The van der Waals surface area contributed by atoms with E-state index in [4.69, 9.17) is 5.73 Å². The lowest BCUT2D eigenvalue weighted by Crippen LogP contribution is -2.54. The van der Waals surface area contributed by atoms with Gasteiger partial charge in [-0.1, -0.05) is 34.1 Å². The minimum Gasteiger partial charge on any atom is -0.352 e. The van der Waals surface area contributed by atoms with Crippen LogP contribution in [0.4, 0.5) is 0 Å². The number of nitrogens with two attached hydrogens (primary N) is 1. The number of amides is 1. The molecule has 0 aliphatic heterocycles. The first-order valence-corrected chi connectivity index (χ1v) is 7.85. The topological polar surface area (TPSA) is 55.1 Å². The second-order valence-electron chi connectivity index (χ2n) is 7.58. The van der Waals surface area contributed by atoms with Gasteiger partial charge < -0.3 is 11.1 Å². The molecule has 2 fully saturated rings. The standard InChI is InChI=1S/C16H30N2O/c1-5-6-11(10-17)13(19)18-14-15(2,3)12-7-8-16(14,4)9-12/h11-12,14H,5-10,17H2,1-4H3,(H,18,19). The van der Waals surface area contributed by atoms with Gasteiger partial charge in [0.05, 0.1) is 5.92 Å². The fraction of sp³-hybridized carbons (Fsp3) is 0.938. The van der Waals surface area contributed by atoms with Crippen molar-refractivity contribution in [2.75, 3.05) is 6.54 Å². The molecule has 0 aromatic carbocycles. The van der Waals surface area contributed by atoms with Crippen molar-refractivity contribution in [2.24, 2.45) is 28.4 Å². The third kappa shape index (κ3) is 2.42. The lowest BCUT2D eigenvalue weighted by atomic mass is 9.68. The van der Waals surface area contributed by atoms with Gasteiger partial charge in [-0.2, -0.15) is 0 Å². The van der Waals surface area contributed by atoms with Gasteiger partial charge in [0.1, 0.15) is 0 Å². The first kappa shape index (κ1) is 14.8. The molecule has 2 saturated carbocycles. The Morgan fingerprint density at radius 1 is 1.42 bits per heavy atom. The second kappa shape index (κ2) is 5.08. The van der Waals surface area contributed by atoms with Crippen LogP contribution in [0.2, 0.25) is 0 Å². The number of nitrogens with one attached hydrogen (secondary N) is 1. The van der Waals surface area contributed by atoms with Gasteiger partial charge in [0.2, 0.25) is 5.91 Å². The van der Waals surface area contributed by atoms with Crippen molar-refractivity contribution in [1.82, 2.24) is 5.32 Å². The van der Waals surface area contributed by atoms with Crippen LogP contribution in [-0.2, 0) is 4.79 Å². The van der Waals surface area contributed by atoms with E-state index in [1.54, 1.807) is 0 Å². The average Bonchev–Trinajstić information content (AvgIpc) is 2.82. The fourth-order valence-electron chi connectivity index (χ4n) is 4.63. The van der Waals surface area contributed by atoms with Gasteiger partial charge in [0, 0.05) is 12.6 Å². The van der Waals surface area contributed by atoms with E-state index in [2.05, 4.69) is 33.0 Å². The van der Waals surface area contributed by atoms with E-state index in [9.17, 15) is 4.79 Å². The zero-order chi connectivity index (χ0) is 14.3. The predicted octanol–water partition coefficient (Wildman–Crippen LogP) is 2.69. The summed E-state index contributed by atoms with van der Waals surface area (Å²) < 4.78 is 0. The Labute approximate surface area is 117 Å². The van der Waals surface area contributed by atoms with E-state index in [0.29, 0.717) is 18.0 Å². The molecule has 0 aromatic heterocycles. The highest BCUT2D eigenvalue weighted by molar-refractivity contribution is 5.79. The summed E-state index contributed by atoms with van der Waals surface area (Å²) >= 11 is 0. The van der Waals surface area contributed by atoms with E-state index in [-0.39, 0.29) is 17.2 Å². The molecule has 3 N–H and O–H groups in total. The Balaban J connectivity index is 2.08. The summed E-state index contributed by atoms with van der Waals surface area (Å²) in [5.41, 5.74) is 6.28. The van der Waals surface area contributed by atoms with Crippen LogP contribution in [0.25, 0.3) is 0 Å². The lowest BCUT2D eigenvalue weighted by Gasteiger charge is -2.43. The first-order chi connectivity index (χ1) is 8.85. The number of carbonyl (C=O) groups is 1. The lowest BCUT2D eigenvalue weighted by molar-refractivity contribution is -0.127. The molecule has 4 atom stereocenters. The molecule has 3 heteroatoms. The summed E-state index contributed by atoms with van der Waals surface area (Å²) in [7, 11) is 0. The van der Waals surface area contributed by atoms with Crippen molar-refractivity contribution < 1.29 is 4.79 Å². The maximum Gasteiger partial charge on any atom is 0.224 e. The monoisotopic (exact) mass is 266 g/mol. The van der Waals surface area contributed by atoms with Crippen molar-refractivity contribution >= 4 is 5.91 Å². The predicted molar refractivity (Wildman–Crippen MR) is 78.6 cm³/mol. The van der Waals surface area contributed by atoms with Gasteiger partial charge in [0.15, 0.2) is 0 Å². The van der Waals surface area contributed by atoms with E-state index < -0.39 is 0 Å². The van der Waals surface area contributed by atoms with Gasteiger partial charge in [-0.3, -0.25) is 4.79 Å². The van der Waals surface area contributed by atoms with Crippen LogP contribution in [0, 0.1) is 22.7 Å². The van der Waals surface area contributed by atoms with Crippen molar-refractivity contribution in [1.29, 1.82) is 0 Å². The van der Waals surface area contributed by atoms with Gasteiger partial charge in [0.25, 0.3) is 0 Å². The summed E-state index contributed by atoms with van der Waals surface area (Å²) in [6.45, 7) is 9.57. The molecular weight excluding hydrogens is 236 g/mol. The molecule has 3 nitrogen and oxygen atoms in total. The van der Waals surface area contributed by atoms with Crippen molar-refractivity contribution in [3.05, 3.63) is 0 Å². The van der Waals surface area contributed by atoms with Gasteiger partial charge in [-0.25, -0.2) is 0 Å². The molecule has 0 heterocycles. The molecule has 0 spiro atoms. The third-order valence-corrected chi connectivity index (χ3v) is 5.85. The van der Waals surface area contributed by atoms with Crippen LogP contribution in [0.1, 0.15) is 59.8 Å². The first-order valence-electron chi connectivity index (χ1n) is 7.85. The zero-order valence-corrected chi connectivity index (χ0v) is 13.0. The largest absolute Gasteiger partial charge is 0.352 e. The molecule has 2 bridgehead atoms. The van der Waals surface area contributed by atoms with Crippen LogP contribution in [0.5, 0.6) is 0 Å². The highest BCUT2D eigenvalue weighted by Gasteiger charge is 2.59. The Bertz CT molecular complexity index is 348. The van der Waals surface area contributed by atoms with Crippen LogP contribution < -0.4 is 11.1 Å². The Kier molecular flexibility index (Phi) is 3.97. The highest BCUT2D eigenvalue weighted by atomic mass is 16.2. The molecule has 0 saturated heterocycles. The molecule has 4 unspecified atom stereocenters. The number of rotatable bonds is 5. The fourth-order valence-corrected chi connectivity index (χ4v) is 4.63. The van der Waals surface area contributed by atoms with E-state index in [1.807, 2.05) is 0 Å². The number of hydrogen-bond donors (Lipinski definition) is 2. The molecule has 1 amide bonds. The third-order valence-electron chi connectivity index (χ3n) is 5.85. The van der Waals surface area contributed by atoms with Crippen LogP contribution >= 0.6 is 0 Å². The quantitative estimate of drug-likeness (QED) is 0.804. The van der Waals surface area contributed by atoms with Gasteiger partial charge in [-0.05, 0) is 42.4 Å². The summed E-state index contributed by atoms with van der Waals surface area (Å²) in [5.74, 6) is 0.935. The molecule has 2 rings (SSSR count). The van der Waals surface area contributed by atoms with Crippen LogP contribution in [0.3, 0.4) is 0 Å². The van der Waals surface area contributed by atoms with Crippen molar-refractivity contribution in [2.45, 2.75) is 65.8 Å². The smallest absolute Gasteiger partial charge is 0.224 e. The Morgan fingerprint density at radius 2 is 2.11 bits per heavy atom. The average molecular weight is 266 g/mol. The maximum absolute atomic E-state index is 12.4. The minimum absolute atomic E-state index is 0.0106. The number of fused-ring (bicyclic) bond motifs is 2. The van der Waals surface area contributed by atoms with Gasteiger partial charge >= 0.3 is 0 Å². The second-order valence-corrected chi connectivity index (χ2v) is 7.58. The van der Waals surface area contributed by atoms with E-state index >= 15 is 0 Å². The molecule has 2 aliphatic rings. The highest BCUT2D eigenvalue weighted by Crippen LogP contribution is 2.62. The van der Waals surface area contributed by atoms with Gasteiger partial charge in [-0.15, -0.1) is 0 Å². The summed E-state index contributed by atoms with van der Waals surface area (Å²) in [6.07, 6.45) is 5.77. The SMILES string of the molecule is CCCC(CN)C(=O)NC1C2(C)CCC(C2)C1(C)C. The molecular formula is C16H30N2O. The maximum atomic E-state index is 12.4. The normalized spacial score (nSPS) is 37.3. The molecule has 0 aromatic rings. The molecule has 19 heavy (non-hydrogen) atoms. The number of carbonyl (C=O) groups excluding carboxylic acids is 1. The zero-order valence-electron chi connectivity index (χ0n) is 13.0. The van der Waals surface area contributed by atoms with Crippen molar-refractivity contribution in [3.8, 4) is 0 Å². The Morgan fingerprint density at radius 3 is 2.58 bits per heavy atom. The minimum atomic E-state index is -0.0106. The van der Waals surface area contributed by atoms with Crippen LogP contribution in [0.15, 0.2) is 0 Å². The number of hydrogen-bond acceptors (Lipinski definition) is 2. The molecule has 110 valence electrons. The van der Waals surface area contributed by atoms with E-state index in [0.717, 1.165) is 18.8 Å². The van der Waals surface area contributed by atoms with Crippen LogP contribution in [-0.4, -0.2) is 18.5 Å². The van der Waals surface area contributed by atoms with Crippen molar-refractivity contribution in [3.63, 3.8) is 0 Å². The summed E-state index contributed by atoms with van der Waals surface area (Å²) in [6, 6.07) is 0.317. The van der Waals surface area contributed by atoms with E-state index in [1.165, 1.54) is 19.3 Å². The Hall–Kier alpha value is -0.570. The molecule has 2 aliphatic carbocycles.